The van der Waals surface area contributed by atoms with Gasteiger partial charge >= 0.3 is 6.09 Å². The van der Waals surface area contributed by atoms with Crippen LogP contribution in [0.4, 0.5) is 4.79 Å². The van der Waals surface area contributed by atoms with E-state index in [4.69, 9.17) is 11.2 Å². The summed E-state index contributed by atoms with van der Waals surface area (Å²) in [4.78, 5) is 41.1. The van der Waals surface area contributed by atoms with E-state index in [9.17, 15) is 19.5 Å². The molecular weight excluding hydrogens is 434 g/mol. The van der Waals surface area contributed by atoms with Crippen molar-refractivity contribution < 1.29 is 24.2 Å². The first-order chi connectivity index (χ1) is 15.7. The lowest BCUT2D eigenvalue weighted by Crippen LogP contribution is -2.56. The van der Waals surface area contributed by atoms with Crippen LogP contribution < -0.4 is 10.6 Å². The third-order valence-electron chi connectivity index (χ3n) is 5.29. The smallest absolute Gasteiger partial charge is 0.408 e. The van der Waals surface area contributed by atoms with Crippen LogP contribution in [0.5, 0.6) is 0 Å². The van der Waals surface area contributed by atoms with Crippen LogP contribution in [0, 0.1) is 18.3 Å². The number of ether oxygens (including phenoxy) is 1. The summed E-state index contributed by atoms with van der Waals surface area (Å²) >= 11 is 0. The van der Waals surface area contributed by atoms with E-state index in [1.54, 1.807) is 45.0 Å². The van der Waals surface area contributed by atoms with Gasteiger partial charge in [-0.25, -0.2) is 4.79 Å². The second kappa shape index (κ2) is 10.5. The highest BCUT2D eigenvalue weighted by Gasteiger charge is 2.48. The summed E-state index contributed by atoms with van der Waals surface area (Å²) in [7, 11) is 0. The molecule has 2 rings (SSSR count). The number of carbonyl (C=O) groups is 3. The van der Waals surface area contributed by atoms with E-state index in [2.05, 4.69) is 16.6 Å². The van der Waals surface area contributed by atoms with E-state index in [1.165, 1.54) is 4.90 Å². The fraction of sp³-hybridized carbons (Fsp3) is 0.577. The molecule has 0 aromatic heterocycles. The van der Waals surface area contributed by atoms with E-state index in [-0.39, 0.29) is 12.0 Å². The van der Waals surface area contributed by atoms with Gasteiger partial charge in [0.05, 0.1) is 6.61 Å². The van der Waals surface area contributed by atoms with Crippen LogP contribution in [-0.2, 0) is 14.3 Å². The minimum Gasteiger partial charge on any atom is -0.444 e. The third-order valence-corrected chi connectivity index (χ3v) is 5.29. The average Bonchev–Trinajstić information content (AvgIpc) is 3.42. The number of hydrogen-bond donors (Lipinski definition) is 3. The zero-order valence-corrected chi connectivity index (χ0v) is 21.1. The summed E-state index contributed by atoms with van der Waals surface area (Å²) in [6, 6.07) is 4.40. The summed E-state index contributed by atoms with van der Waals surface area (Å²) in [6.45, 7) is 12.0. The molecule has 34 heavy (non-hydrogen) atoms. The molecule has 1 aliphatic rings. The Labute approximate surface area is 202 Å². The molecule has 1 aromatic carbocycles. The summed E-state index contributed by atoms with van der Waals surface area (Å²) in [5, 5.41) is 15.4. The highest BCUT2D eigenvalue weighted by Crippen LogP contribution is 2.41. The third kappa shape index (κ3) is 7.22. The molecule has 8 heteroatoms. The van der Waals surface area contributed by atoms with Crippen LogP contribution in [0.3, 0.4) is 0 Å². The molecule has 0 saturated heterocycles. The summed E-state index contributed by atoms with van der Waals surface area (Å²) in [5.41, 5.74) is -0.342. The Hall–Kier alpha value is -3.05. The fourth-order valence-electron chi connectivity index (χ4n) is 3.71. The van der Waals surface area contributed by atoms with Crippen molar-refractivity contribution in [3.05, 3.63) is 35.4 Å². The van der Waals surface area contributed by atoms with E-state index < -0.39 is 47.7 Å². The monoisotopic (exact) mass is 471 g/mol. The first-order valence-electron chi connectivity index (χ1n) is 11.5. The van der Waals surface area contributed by atoms with E-state index in [0.29, 0.717) is 17.5 Å². The molecule has 1 fully saturated rings. The van der Waals surface area contributed by atoms with Gasteiger partial charge in [0, 0.05) is 17.1 Å². The van der Waals surface area contributed by atoms with Gasteiger partial charge in [-0.05, 0) is 65.5 Å². The summed E-state index contributed by atoms with van der Waals surface area (Å²) in [5.74, 6) is 1.78. The molecule has 4 atom stereocenters. The minimum atomic E-state index is -1.29. The first-order valence-corrected chi connectivity index (χ1v) is 11.5. The molecule has 4 unspecified atom stereocenters. The largest absolute Gasteiger partial charge is 0.444 e. The number of benzene rings is 1. The van der Waals surface area contributed by atoms with Crippen LogP contribution in [0.25, 0.3) is 0 Å². The number of aliphatic hydroxyl groups excluding tert-OH is 1. The van der Waals surface area contributed by atoms with Gasteiger partial charge in [-0.3, -0.25) is 9.59 Å². The second-order valence-corrected chi connectivity index (χ2v) is 10.8. The van der Waals surface area contributed by atoms with Crippen LogP contribution in [0.2, 0.25) is 0 Å². The van der Waals surface area contributed by atoms with Crippen molar-refractivity contribution in [2.75, 3.05) is 6.61 Å². The number of rotatable bonds is 7. The highest BCUT2D eigenvalue weighted by atomic mass is 16.6. The minimum absolute atomic E-state index is 0.146. The van der Waals surface area contributed by atoms with Gasteiger partial charge in [0.1, 0.15) is 17.7 Å². The van der Waals surface area contributed by atoms with Crippen molar-refractivity contribution in [3.63, 3.8) is 0 Å². The summed E-state index contributed by atoms with van der Waals surface area (Å²) < 4.78 is 5.25. The standard InChI is InChI=1S/C26H37N3O5/c1-9-17-12-10-11-13-18(17)21(22(31)28-25(3,4)5)29(20-14-16(20)2)23(32)19(15-30)27-24(33)34-26(6,7)8/h1,10-13,16,19-21,30H,14-15H2,2-8H3,(H,27,33)(H,28,31). The number of amides is 3. The van der Waals surface area contributed by atoms with Gasteiger partial charge in [-0.2, -0.15) is 0 Å². The van der Waals surface area contributed by atoms with Crippen LogP contribution in [0.15, 0.2) is 24.3 Å². The number of terminal acetylenes is 1. The molecule has 1 aliphatic carbocycles. The lowest BCUT2D eigenvalue weighted by Gasteiger charge is -2.36. The Morgan fingerprint density at radius 1 is 1.21 bits per heavy atom. The van der Waals surface area contributed by atoms with Crippen molar-refractivity contribution in [1.82, 2.24) is 15.5 Å². The zero-order chi connectivity index (χ0) is 25.8. The van der Waals surface area contributed by atoms with Crippen molar-refractivity contribution >= 4 is 17.9 Å². The molecule has 0 bridgehead atoms. The Kier molecular flexibility index (Phi) is 8.38. The van der Waals surface area contributed by atoms with Crippen molar-refractivity contribution in [2.45, 2.75) is 84.2 Å². The molecular formula is C26H37N3O5. The molecule has 0 radical (unpaired) electrons. The molecule has 0 spiro atoms. The maximum atomic E-state index is 13.8. The molecule has 186 valence electrons. The van der Waals surface area contributed by atoms with Crippen LogP contribution in [0.1, 0.15) is 72.1 Å². The number of carbonyl (C=O) groups excluding carboxylic acids is 3. The van der Waals surface area contributed by atoms with Gasteiger partial charge < -0.3 is 25.4 Å². The maximum Gasteiger partial charge on any atom is 0.408 e. The lowest BCUT2D eigenvalue weighted by atomic mass is 9.96. The Balaban J connectivity index is 2.51. The van der Waals surface area contributed by atoms with Gasteiger partial charge in [-0.1, -0.05) is 31.0 Å². The van der Waals surface area contributed by atoms with E-state index in [1.807, 2.05) is 27.7 Å². The number of aliphatic hydroxyl groups is 1. The molecule has 0 heterocycles. The van der Waals surface area contributed by atoms with Crippen LogP contribution >= 0.6 is 0 Å². The predicted molar refractivity (Wildman–Crippen MR) is 130 cm³/mol. The first kappa shape index (κ1) is 27.2. The molecule has 3 amide bonds. The Morgan fingerprint density at radius 2 is 1.79 bits per heavy atom. The summed E-state index contributed by atoms with van der Waals surface area (Å²) in [6.07, 6.45) is 5.58. The van der Waals surface area contributed by atoms with E-state index >= 15 is 0 Å². The topological polar surface area (TPSA) is 108 Å². The highest BCUT2D eigenvalue weighted by molar-refractivity contribution is 5.93. The predicted octanol–water partition coefficient (Wildman–Crippen LogP) is 2.75. The van der Waals surface area contributed by atoms with E-state index in [0.717, 1.165) is 0 Å². The Morgan fingerprint density at radius 3 is 2.26 bits per heavy atom. The maximum absolute atomic E-state index is 13.8. The fourth-order valence-corrected chi connectivity index (χ4v) is 3.71. The van der Waals surface area contributed by atoms with Crippen LogP contribution in [-0.4, -0.2) is 57.7 Å². The zero-order valence-electron chi connectivity index (χ0n) is 21.1. The SMILES string of the molecule is C#Cc1ccccc1C(C(=O)NC(C)(C)C)N(C(=O)C(CO)NC(=O)OC(C)(C)C)C1CC1C. The van der Waals surface area contributed by atoms with Crippen molar-refractivity contribution in [1.29, 1.82) is 0 Å². The van der Waals surface area contributed by atoms with Gasteiger partial charge in [0.15, 0.2) is 0 Å². The number of nitrogens with zero attached hydrogens (tertiary/aromatic N) is 1. The van der Waals surface area contributed by atoms with Crippen molar-refractivity contribution in [2.24, 2.45) is 5.92 Å². The quantitative estimate of drug-likeness (QED) is 0.530. The number of alkyl carbamates (subject to hydrolysis) is 1. The normalized spacial score (nSPS) is 19.3. The molecule has 8 nitrogen and oxygen atoms in total. The molecule has 3 N–H and O–H groups in total. The lowest BCUT2D eigenvalue weighted by molar-refractivity contribution is -0.144. The average molecular weight is 472 g/mol. The second-order valence-electron chi connectivity index (χ2n) is 10.8. The Bertz CT molecular complexity index is 954. The molecule has 1 saturated carbocycles. The van der Waals surface area contributed by atoms with Gasteiger partial charge in [-0.15, -0.1) is 6.42 Å². The number of hydrogen-bond acceptors (Lipinski definition) is 5. The molecule has 0 aliphatic heterocycles. The molecule has 1 aromatic rings. The number of nitrogens with one attached hydrogen (secondary N) is 2. The van der Waals surface area contributed by atoms with Crippen molar-refractivity contribution in [3.8, 4) is 12.3 Å². The van der Waals surface area contributed by atoms with Gasteiger partial charge in [0.25, 0.3) is 0 Å². The van der Waals surface area contributed by atoms with Gasteiger partial charge in [0.2, 0.25) is 11.8 Å².